The highest BCUT2D eigenvalue weighted by Gasteiger charge is 2.24. The van der Waals surface area contributed by atoms with Gasteiger partial charge in [-0.3, -0.25) is 9.36 Å². The molecule has 8 heteroatoms. The van der Waals surface area contributed by atoms with E-state index in [1.54, 1.807) is 12.1 Å². The summed E-state index contributed by atoms with van der Waals surface area (Å²) in [5.74, 6) is 0.750. The molecule has 1 aromatic heterocycles. The Bertz CT molecular complexity index is 809. The predicted molar refractivity (Wildman–Crippen MR) is 112 cm³/mol. The molecule has 1 saturated heterocycles. The number of nitrogens with zero attached hydrogens (tertiary/aromatic N) is 4. The maximum absolute atomic E-state index is 13.3. The molecule has 0 spiro atoms. The van der Waals surface area contributed by atoms with Crippen LogP contribution in [0.25, 0.3) is 11.4 Å². The topological polar surface area (TPSA) is 60.2 Å². The van der Waals surface area contributed by atoms with Crippen molar-refractivity contribution in [3.05, 3.63) is 30.1 Å². The Balaban J connectivity index is 1.82. The van der Waals surface area contributed by atoms with Crippen LogP contribution in [-0.2, 0) is 16.1 Å². The second kappa shape index (κ2) is 9.71. The van der Waals surface area contributed by atoms with Gasteiger partial charge in [-0.25, -0.2) is 4.39 Å². The van der Waals surface area contributed by atoms with Gasteiger partial charge in [0.25, 0.3) is 0 Å². The van der Waals surface area contributed by atoms with E-state index in [0.29, 0.717) is 23.3 Å². The largest absolute Gasteiger partial charge is 0.376 e. The van der Waals surface area contributed by atoms with Gasteiger partial charge in [-0.1, -0.05) is 11.8 Å². The van der Waals surface area contributed by atoms with Crippen LogP contribution in [0, 0.1) is 5.82 Å². The van der Waals surface area contributed by atoms with E-state index < -0.39 is 0 Å². The lowest BCUT2D eigenvalue weighted by Crippen LogP contribution is -2.43. The van der Waals surface area contributed by atoms with Crippen molar-refractivity contribution in [2.45, 2.75) is 70.4 Å². The monoisotopic (exact) mass is 420 g/mol. The number of hydrogen-bond donors (Lipinski definition) is 0. The van der Waals surface area contributed by atoms with E-state index in [1.165, 1.54) is 23.9 Å². The number of amides is 1. The lowest BCUT2D eigenvalue weighted by Gasteiger charge is -2.30. The number of halogens is 1. The van der Waals surface area contributed by atoms with Gasteiger partial charge in [0.15, 0.2) is 11.0 Å². The first kappa shape index (κ1) is 21.8. The van der Waals surface area contributed by atoms with Crippen LogP contribution in [0.1, 0.15) is 40.5 Å². The highest BCUT2D eigenvalue weighted by molar-refractivity contribution is 7.99. The molecule has 0 bridgehead atoms. The Labute approximate surface area is 175 Å². The van der Waals surface area contributed by atoms with Gasteiger partial charge in [-0.15, -0.1) is 10.2 Å². The molecule has 1 aliphatic rings. The third-order valence-corrected chi connectivity index (χ3v) is 5.91. The molecule has 1 atom stereocenters. The van der Waals surface area contributed by atoms with E-state index in [4.69, 9.17) is 4.74 Å². The van der Waals surface area contributed by atoms with Gasteiger partial charge >= 0.3 is 0 Å². The first-order chi connectivity index (χ1) is 13.9. The second-order valence-electron chi connectivity index (χ2n) is 7.84. The third kappa shape index (κ3) is 5.36. The number of carbonyl (C=O) groups is 1. The summed E-state index contributed by atoms with van der Waals surface area (Å²) in [5, 5.41) is 9.36. The van der Waals surface area contributed by atoms with E-state index >= 15 is 0 Å². The Morgan fingerprint density at radius 3 is 2.52 bits per heavy atom. The molecule has 0 saturated carbocycles. The molecule has 0 aliphatic carbocycles. The molecule has 1 amide bonds. The Morgan fingerprint density at radius 2 is 1.93 bits per heavy atom. The van der Waals surface area contributed by atoms with Crippen molar-refractivity contribution in [2.24, 2.45) is 0 Å². The highest BCUT2D eigenvalue weighted by atomic mass is 32.2. The zero-order valence-electron chi connectivity index (χ0n) is 17.5. The normalized spacial score (nSPS) is 16.7. The summed E-state index contributed by atoms with van der Waals surface area (Å²) in [4.78, 5) is 14.6. The van der Waals surface area contributed by atoms with E-state index in [0.717, 1.165) is 25.0 Å². The summed E-state index contributed by atoms with van der Waals surface area (Å²) in [7, 11) is 0. The Hall–Kier alpha value is -1.93. The molecular formula is C21H29FN4O2S. The molecule has 1 unspecified atom stereocenters. The molecule has 1 aliphatic heterocycles. The van der Waals surface area contributed by atoms with E-state index in [2.05, 4.69) is 10.2 Å². The van der Waals surface area contributed by atoms with E-state index in [1.807, 2.05) is 37.2 Å². The van der Waals surface area contributed by atoms with Crippen LogP contribution >= 0.6 is 11.8 Å². The van der Waals surface area contributed by atoms with Crippen molar-refractivity contribution in [2.75, 3.05) is 12.4 Å². The van der Waals surface area contributed by atoms with Crippen molar-refractivity contribution in [1.29, 1.82) is 0 Å². The standard InChI is InChI=1S/C21H29FN4O2S/c1-14(2)26(15(3)4)19(27)13-29-21-24-23-20(16-7-9-17(22)10-8-16)25(21)12-18-6-5-11-28-18/h7-10,14-15,18H,5-6,11-13H2,1-4H3. The summed E-state index contributed by atoms with van der Waals surface area (Å²) in [6.07, 6.45) is 2.12. The van der Waals surface area contributed by atoms with Crippen molar-refractivity contribution in [3.8, 4) is 11.4 Å². The Kier molecular flexibility index (Phi) is 7.29. The number of benzene rings is 1. The molecule has 0 radical (unpaired) electrons. The molecule has 2 aromatic rings. The van der Waals surface area contributed by atoms with Gasteiger partial charge < -0.3 is 9.64 Å². The molecule has 1 fully saturated rings. The zero-order chi connectivity index (χ0) is 21.0. The zero-order valence-corrected chi connectivity index (χ0v) is 18.3. The van der Waals surface area contributed by atoms with Crippen LogP contribution in [0.15, 0.2) is 29.4 Å². The van der Waals surface area contributed by atoms with Gasteiger partial charge in [0, 0.05) is 24.3 Å². The van der Waals surface area contributed by atoms with Gasteiger partial charge in [0.1, 0.15) is 5.82 Å². The first-order valence-electron chi connectivity index (χ1n) is 10.1. The fourth-order valence-corrected chi connectivity index (χ4v) is 4.55. The highest BCUT2D eigenvalue weighted by Crippen LogP contribution is 2.27. The van der Waals surface area contributed by atoms with Gasteiger partial charge in [0.2, 0.25) is 5.91 Å². The van der Waals surface area contributed by atoms with Crippen LogP contribution in [0.4, 0.5) is 4.39 Å². The summed E-state index contributed by atoms with van der Waals surface area (Å²) in [6.45, 7) is 9.47. The second-order valence-corrected chi connectivity index (χ2v) is 8.78. The van der Waals surface area contributed by atoms with Gasteiger partial charge in [-0.05, 0) is 64.8 Å². The molecule has 6 nitrogen and oxygen atoms in total. The van der Waals surface area contributed by atoms with Crippen LogP contribution in [0.2, 0.25) is 0 Å². The average molecular weight is 421 g/mol. The van der Waals surface area contributed by atoms with Crippen LogP contribution in [-0.4, -0.2) is 56.1 Å². The predicted octanol–water partition coefficient (Wildman–Crippen LogP) is 4.00. The lowest BCUT2D eigenvalue weighted by molar-refractivity contribution is -0.131. The fraction of sp³-hybridized carbons (Fsp3) is 0.571. The summed E-state index contributed by atoms with van der Waals surface area (Å²) in [5.41, 5.74) is 0.793. The smallest absolute Gasteiger partial charge is 0.233 e. The quantitative estimate of drug-likeness (QED) is 0.604. The van der Waals surface area contributed by atoms with E-state index in [9.17, 15) is 9.18 Å². The molecule has 1 aromatic carbocycles. The van der Waals surface area contributed by atoms with Gasteiger partial charge in [-0.2, -0.15) is 0 Å². The molecule has 2 heterocycles. The summed E-state index contributed by atoms with van der Waals surface area (Å²) in [6, 6.07) is 6.51. The van der Waals surface area contributed by atoms with Crippen molar-refractivity contribution < 1.29 is 13.9 Å². The van der Waals surface area contributed by atoms with E-state index in [-0.39, 0.29) is 29.9 Å². The maximum Gasteiger partial charge on any atom is 0.233 e. The number of carbonyl (C=O) groups excluding carboxylic acids is 1. The minimum absolute atomic E-state index is 0.0787. The minimum atomic E-state index is -0.290. The molecule has 158 valence electrons. The minimum Gasteiger partial charge on any atom is -0.376 e. The number of hydrogen-bond acceptors (Lipinski definition) is 5. The van der Waals surface area contributed by atoms with Crippen LogP contribution < -0.4 is 0 Å². The van der Waals surface area contributed by atoms with Gasteiger partial charge in [0.05, 0.1) is 18.4 Å². The average Bonchev–Trinajstić information content (AvgIpc) is 3.31. The van der Waals surface area contributed by atoms with Crippen LogP contribution in [0.5, 0.6) is 0 Å². The SMILES string of the molecule is CC(C)N(C(=O)CSc1nnc(-c2ccc(F)cc2)n1CC1CCCO1)C(C)C. The third-order valence-electron chi connectivity index (χ3n) is 4.95. The number of rotatable bonds is 8. The summed E-state index contributed by atoms with van der Waals surface area (Å²) < 4.78 is 21.1. The molecule has 0 N–H and O–H groups in total. The van der Waals surface area contributed by atoms with Crippen molar-refractivity contribution in [1.82, 2.24) is 19.7 Å². The van der Waals surface area contributed by atoms with Crippen LogP contribution in [0.3, 0.4) is 0 Å². The molecular weight excluding hydrogens is 391 g/mol. The Morgan fingerprint density at radius 1 is 1.24 bits per heavy atom. The number of thioether (sulfide) groups is 1. The van der Waals surface area contributed by atoms with Crippen molar-refractivity contribution in [3.63, 3.8) is 0 Å². The number of aromatic nitrogens is 3. The lowest BCUT2D eigenvalue weighted by atomic mass is 10.2. The molecule has 29 heavy (non-hydrogen) atoms. The fourth-order valence-electron chi connectivity index (χ4n) is 3.74. The number of ether oxygens (including phenoxy) is 1. The summed E-state index contributed by atoms with van der Waals surface area (Å²) >= 11 is 1.39. The van der Waals surface area contributed by atoms with Crippen molar-refractivity contribution >= 4 is 17.7 Å². The molecule has 3 rings (SSSR count). The maximum atomic E-state index is 13.3. The first-order valence-corrected chi connectivity index (χ1v) is 11.1.